The third kappa shape index (κ3) is 1.81. The van der Waals surface area contributed by atoms with Gasteiger partial charge in [-0.15, -0.1) is 0 Å². The molecule has 15 heavy (non-hydrogen) atoms. The molecule has 4 heteroatoms. The van der Waals surface area contributed by atoms with Crippen molar-refractivity contribution in [3.63, 3.8) is 0 Å². The maximum absolute atomic E-state index is 11.1. The Hall–Kier alpha value is -1.16. The fraction of sp³-hybridized carbons (Fsp3) is 0.273. The minimum absolute atomic E-state index is 0.167. The molecule has 0 aliphatic heterocycles. The third-order valence-corrected chi connectivity index (χ3v) is 2.93. The summed E-state index contributed by atoms with van der Waals surface area (Å²) in [6.45, 7) is 1.60. The molecule has 0 atom stereocenters. The van der Waals surface area contributed by atoms with E-state index in [0.29, 0.717) is 6.42 Å². The highest BCUT2D eigenvalue weighted by atomic mass is 79.9. The molecule has 0 radical (unpaired) electrons. The van der Waals surface area contributed by atoms with Gasteiger partial charge in [-0.05, 0) is 28.4 Å². The number of carbonyl (C=O) groups excluding carboxylic acids is 1. The monoisotopic (exact) mass is 266 g/mol. The smallest absolute Gasteiger partial charge is 0.135 e. The number of para-hydroxylation sites is 1. The van der Waals surface area contributed by atoms with Crippen molar-refractivity contribution < 1.29 is 4.79 Å². The van der Waals surface area contributed by atoms with E-state index < -0.39 is 0 Å². The first-order valence-corrected chi connectivity index (χ1v) is 5.48. The first kappa shape index (κ1) is 10.4. The van der Waals surface area contributed by atoms with Crippen LogP contribution in [-0.2, 0) is 18.3 Å². The van der Waals surface area contributed by atoms with Gasteiger partial charge in [0, 0.05) is 18.9 Å². The van der Waals surface area contributed by atoms with Gasteiger partial charge < -0.3 is 0 Å². The topological polar surface area (TPSA) is 34.9 Å². The number of halogens is 1. The van der Waals surface area contributed by atoms with Crippen molar-refractivity contribution >= 4 is 32.6 Å². The summed E-state index contributed by atoms with van der Waals surface area (Å²) < 4.78 is 2.63. The Morgan fingerprint density at radius 1 is 1.53 bits per heavy atom. The van der Waals surface area contributed by atoms with Crippen molar-refractivity contribution in [2.75, 3.05) is 0 Å². The zero-order valence-electron chi connectivity index (χ0n) is 8.62. The van der Waals surface area contributed by atoms with Gasteiger partial charge in [0.15, 0.2) is 0 Å². The number of fused-ring (bicyclic) bond motifs is 1. The number of Topliss-reactive ketones (excluding diaryl/α,β-unsaturated/α-hetero) is 1. The second-order valence-electron chi connectivity index (χ2n) is 3.61. The Morgan fingerprint density at radius 3 is 2.93 bits per heavy atom. The second kappa shape index (κ2) is 3.77. The lowest BCUT2D eigenvalue weighted by atomic mass is 10.1. The predicted octanol–water partition coefficient (Wildman–Crippen LogP) is 2.47. The highest BCUT2D eigenvalue weighted by Crippen LogP contribution is 2.25. The number of carbonyl (C=O) groups is 1. The molecule has 78 valence electrons. The largest absolute Gasteiger partial charge is 0.300 e. The van der Waals surface area contributed by atoms with E-state index in [1.54, 1.807) is 11.6 Å². The molecule has 0 spiro atoms. The molecule has 0 amide bonds. The van der Waals surface area contributed by atoms with Crippen molar-refractivity contribution in [1.29, 1.82) is 0 Å². The van der Waals surface area contributed by atoms with E-state index in [1.807, 2.05) is 25.2 Å². The molecule has 3 nitrogen and oxygen atoms in total. The number of hydrogen-bond acceptors (Lipinski definition) is 2. The summed E-state index contributed by atoms with van der Waals surface area (Å²) in [4.78, 5) is 11.1. The van der Waals surface area contributed by atoms with Crippen molar-refractivity contribution in [2.24, 2.45) is 7.05 Å². The summed E-state index contributed by atoms with van der Waals surface area (Å²) in [6.07, 6.45) is 0.462. The molecule has 1 aromatic carbocycles. The van der Waals surface area contributed by atoms with E-state index >= 15 is 0 Å². The predicted molar refractivity (Wildman–Crippen MR) is 62.8 cm³/mol. The van der Waals surface area contributed by atoms with Gasteiger partial charge in [-0.25, -0.2) is 0 Å². The van der Waals surface area contributed by atoms with Crippen LogP contribution in [0.3, 0.4) is 0 Å². The van der Waals surface area contributed by atoms with Crippen LogP contribution < -0.4 is 0 Å². The number of rotatable bonds is 2. The first-order chi connectivity index (χ1) is 7.09. The zero-order chi connectivity index (χ0) is 11.0. The van der Waals surface area contributed by atoms with Gasteiger partial charge in [0.05, 0.1) is 5.52 Å². The summed E-state index contributed by atoms with van der Waals surface area (Å²) in [5.41, 5.74) is 2.06. The fourth-order valence-electron chi connectivity index (χ4n) is 1.79. The van der Waals surface area contributed by atoms with Gasteiger partial charge in [-0.2, -0.15) is 5.10 Å². The highest BCUT2D eigenvalue weighted by molar-refractivity contribution is 9.10. The van der Waals surface area contributed by atoms with Crippen LogP contribution >= 0.6 is 15.9 Å². The van der Waals surface area contributed by atoms with E-state index in [-0.39, 0.29) is 5.78 Å². The highest BCUT2D eigenvalue weighted by Gasteiger charge is 2.10. The molecule has 1 heterocycles. The number of nitrogens with zero attached hydrogens (tertiary/aromatic N) is 2. The molecule has 0 unspecified atom stereocenters. The minimum Gasteiger partial charge on any atom is -0.300 e. The SMILES string of the molecule is CC(=O)Cc1cccc2c(Br)nn(C)c12. The van der Waals surface area contributed by atoms with Gasteiger partial charge in [0.25, 0.3) is 0 Å². The first-order valence-electron chi connectivity index (χ1n) is 4.69. The molecule has 0 fully saturated rings. The molecule has 0 bridgehead atoms. The van der Waals surface area contributed by atoms with Crippen LogP contribution in [0.25, 0.3) is 10.9 Å². The Kier molecular flexibility index (Phi) is 2.61. The van der Waals surface area contributed by atoms with E-state index in [4.69, 9.17) is 0 Å². The summed E-state index contributed by atoms with van der Waals surface area (Å²) in [5, 5.41) is 5.33. The van der Waals surface area contributed by atoms with Crippen LogP contribution in [0.4, 0.5) is 0 Å². The molecular weight excluding hydrogens is 256 g/mol. The standard InChI is InChI=1S/C11H11BrN2O/c1-7(15)6-8-4-3-5-9-10(8)14(2)13-11(9)12/h3-5H,6H2,1-2H3. The van der Waals surface area contributed by atoms with Crippen LogP contribution in [0.2, 0.25) is 0 Å². The normalized spacial score (nSPS) is 10.9. The molecule has 0 aliphatic rings. The lowest BCUT2D eigenvalue weighted by molar-refractivity contribution is -0.116. The Bertz CT molecular complexity index is 531. The van der Waals surface area contributed by atoms with Gasteiger partial charge in [-0.1, -0.05) is 18.2 Å². The van der Waals surface area contributed by atoms with Gasteiger partial charge in [0.2, 0.25) is 0 Å². The molecule has 2 aromatic rings. The number of aromatic nitrogens is 2. The minimum atomic E-state index is 0.167. The van der Waals surface area contributed by atoms with Crippen molar-refractivity contribution in [3.05, 3.63) is 28.4 Å². The molecule has 2 rings (SSSR count). The molecule has 1 aromatic heterocycles. The van der Waals surface area contributed by atoms with Gasteiger partial charge in [0.1, 0.15) is 10.4 Å². The van der Waals surface area contributed by atoms with Crippen LogP contribution in [0.15, 0.2) is 22.8 Å². The summed E-state index contributed by atoms with van der Waals surface area (Å²) in [6, 6.07) is 5.92. The number of benzene rings is 1. The Morgan fingerprint density at radius 2 is 2.27 bits per heavy atom. The molecule has 0 saturated carbocycles. The quantitative estimate of drug-likeness (QED) is 0.837. The average Bonchev–Trinajstić information content (AvgIpc) is 2.43. The van der Waals surface area contributed by atoms with Crippen LogP contribution in [-0.4, -0.2) is 15.6 Å². The summed E-state index contributed by atoms with van der Waals surface area (Å²) in [7, 11) is 1.89. The van der Waals surface area contributed by atoms with Crippen molar-refractivity contribution in [1.82, 2.24) is 9.78 Å². The second-order valence-corrected chi connectivity index (χ2v) is 4.36. The lowest BCUT2D eigenvalue weighted by Crippen LogP contribution is -2.00. The van der Waals surface area contributed by atoms with Crippen LogP contribution in [0.5, 0.6) is 0 Å². The van der Waals surface area contributed by atoms with E-state index in [0.717, 1.165) is 21.1 Å². The summed E-state index contributed by atoms with van der Waals surface area (Å²) in [5.74, 6) is 0.167. The average molecular weight is 267 g/mol. The van der Waals surface area contributed by atoms with E-state index in [9.17, 15) is 4.79 Å². The zero-order valence-corrected chi connectivity index (χ0v) is 10.2. The molecule has 0 N–H and O–H groups in total. The van der Waals surface area contributed by atoms with Crippen LogP contribution in [0, 0.1) is 0 Å². The van der Waals surface area contributed by atoms with Gasteiger partial charge >= 0.3 is 0 Å². The maximum atomic E-state index is 11.1. The number of hydrogen-bond donors (Lipinski definition) is 0. The number of aryl methyl sites for hydroxylation is 1. The van der Waals surface area contributed by atoms with Crippen molar-refractivity contribution in [2.45, 2.75) is 13.3 Å². The Labute approximate surface area is 96.2 Å². The van der Waals surface area contributed by atoms with E-state index in [1.165, 1.54) is 0 Å². The van der Waals surface area contributed by atoms with E-state index in [2.05, 4.69) is 21.0 Å². The molecule has 0 saturated heterocycles. The summed E-state index contributed by atoms with van der Waals surface area (Å²) >= 11 is 3.40. The third-order valence-electron chi connectivity index (χ3n) is 2.34. The van der Waals surface area contributed by atoms with Crippen molar-refractivity contribution in [3.8, 4) is 0 Å². The lowest BCUT2D eigenvalue weighted by Gasteiger charge is -2.02. The molecule has 0 aliphatic carbocycles. The molecular formula is C11H11BrN2O. The Balaban J connectivity index is 2.69. The van der Waals surface area contributed by atoms with Gasteiger partial charge in [-0.3, -0.25) is 9.48 Å². The van der Waals surface area contributed by atoms with Crippen LogP contribution in [0.1, 0.15) is 12.5 Å². The fourth-order valence-corrected chi connectivity index (χ4v) is 2.34. The number of ketones is 1. The maximum Gasteiger partial charge on any atom is 0.135 e.